The molecule has 0 aromatic rings. The molecule has 0 saturated heterocycles. The molecule has 1 rings (SSSR count). The highest BCUT2D eigenvalue weighted by Crippen LogP contribution is 2.34. The van der Waals surface area contributed by atoms with E-state index in [-0.39, 0.29) is 0 Å². The standard InChI is InChI=1S/C10H17F/c1-7(2)10-6-9(11)5-4-8(10)3/h7,9-10H,3-6H2,1-2H3. The summed E-state index contributed by atoms with van der Waals surface area (Å²) in [5.41, 5.74) is 1.26. The van der Waals surface area contributed by atoms with E-state index < -0.39 is 6.17 Å². The smallest absolute Gasteiger partial charge is 0.101 e. The number of hydrogen-bond acceptors (Lipinski definition) is 0. The maximum Gasteiger partial charge on any atom is 0.101 e. The van der Waals surface area contributed by atoms with Gasteiger partial charge in [-0.1, -0.05) is 26.0 Å². The van der Waals surface area contributed by atoms with E-state index in [1.54, 1.807) is 0 Å². The molecular weight excluding hydrogens is 139 g/mol. The lowest BCUT2D eigenvalue weighted by atomic mass is 9.78. The molecule has 1 saturated carbocycles. The first-order valence-corrected chi connectivity index (χ1v) is 4.43. The van der Waals surface area contributed by atoms with Gasteiger partial charge in [0.1, 0.15) is 6.17 Å². The van der Waals surface area contributed by atoms with Crippen molar-refractivity contribution < 1.29 is 4.39 Å². The predicted molar refractivity (Wildman–Crippen MR) is 46.2 cm³/mol. The van der Waals surface area contributed by atoms with Crippen LogP contribution in [0.3, 0.4) is 0 Å². The van der Waals surface area contributed by atoms with Gasteiger partial charge in [-0.3, -0.25) is 0 Å². The van der Waals surface area contributed by atoms with E-state index in [1.807, 2.05) is 0 Å². The van der Waals surface area contributed by atoms with E-state index >= 15 is 0 Å². The molecular formula is C10H17F. The number of allylic oxidation sites excluding steroid dienone is 1. The maximum atomic E-state index is 12.9. The van der Waals surface area contributed by atoms with Crippen LogP contribution in [0.2, 0.25) is 0 Å². The molecule has 1 fully saturated rings. The number of rotatable bonds is 1. The van der Waals surface area contributed by atoms with E-state index in [1.165, 1.54) is 5.57 Å². The van der Waals surface area contributed by atoms with Crippen molar-refractivity contribution in [3.05, 3.63) is 12.2 Å². The molecule has 1 heteroatoms. The van der Waals surface area contributed by atoms with Crippen molar-refractivity contribution in [3.8, 4) is 0 Å². The normalized spacial score (nSPS) is 32.9. The second-order valence-corrected chi connectivity index (χ2v) is 3.88. The molecule has 0 amide bonds. The Bertz CT molecular complexity index is 149. The average molecular weight is 156 g/mol. The molecule has 0 nitrogen and oxygen atoms in total. The fraction of sp³-hybridized carbons (Fsp3) is 0.800. The van der Waals surface area contributed by atoms with E-state index in [0.717, 1.165) is 6.42 Å². The van der Waals surface area contributed by atoms with Crippen LogP contribution in [0.4, 0.5) is 4.39 Å². The number of alkyl halides is 1. The molecule has 0 radical (unpaired) electrons. The third kappa shape index (κ3) is 2.05. The molecule has 0 spiro atoms. The quantitative estimate of drug-likeness (QED) is 0.511. The fourth-order valence-electron chi connectivity index (χ4n) is 1.83. The highest BCUT2D eigenvalue weighted by Gasteiger charge is 2.26. The molecule has 2 unspecified atom stereocenters. The van der Waals surface area contributed by atoms with Gasteiger partial charge >= 0.3 is 0 Å². The van der Waals surface area contributed by atoms with Crippen molar-refractivity contribution in [2.24, 2.45) is 11.8 Å². The molecule has 2 atom stereocenters. The topological polar surface area (TPSA) is 0 Å². The van der Waals surface area contributed by atoms with Gasteiger partial charge in [-0.25, -0.2) is 4.39 Å². The van der Waals surface area contributed by atoms with Crippen LogP contribution in [0.25, 0.3) is 0 Å². The molecule has 0 heterocycles. The fourth-order valence-corrected chi connectivity index (χ4v) is 1.83. The van der Waals surface area contributed by atoms with Gasteiger partial charge in [-0.05, 0) is 31.1 Å². The summed E-state index contributed by atoms with van der Waals surface area (Å²) in [7, 11) is 0. The van der Waals surface area contributed by atoms with Crippen LogP contribution < -0.4 is 0 Å². The summed E-state index contributed by atoms with van der Waals surface area (Å²) in [4.78, 5) is 0. The van der Waals surface area contributed by atoms with E-state index in [2.05, 4.69) is 20.4 Å². The van der Waals surface area contributed by atoms with E-state index in [0.29, 0.717) is 24.7 Å². The van der Waals surface area contributed by atoms with Crippen molar-refractivity contribution in [2.45, 2.75) is 39.3 Å². The summed E-state index contributed by atoms with van der Waals surface area (Å²) >= 11 is 0. The third-order valence-corrected chi connectivity index (χ3v) is 2.62. The van der Waals surface area contributed by atoms with Crippen molar-refractivity contribution in [2.75, 3.05) is 0 Å². The summed E-state index contributed by atoms with van der Waals surface area (Å²) in [5.74, 6) is 0.986. The van der Waals surface area contributed by atoms with Gasteiger partial charge in [0.2, 0.25) is 0 Å². The van der Waals surface area contributed by atoms with Gasteiger partial charge in [0, 0.05) is 0 Å². The minimum Gasteiger partial charge on any atom is -0.247 e. The van der Waals surface area contributed by atoms with Gasteiger partial charge in [0.15, 0.2) is 0 Å². The average Bonchev–Trinajstić information content (AvgIpc) is 1.94. The van der Waals surface area contributed by atoms with Crippen LogP contribution in [-0.4, -0.2) is 6.17 Å². The first kappa shape index (κ1) is 8.76. The lowest BCUT2D eigenvalue weighted by Crippen LogP contribution is -2.22. The molecule has 0 aromatic heterocycles. The number of hydrogen-bond donors (Lipinski definition) is 0. The summed E-state index contributed by atoms with van der Waals surface area (Å²) < 4.78 is 12.9. The first-order chi connectivity index (χ1) is 5.11. The Hall–Kier alpha value is -0.330. The van der Waals surface area contributed by atoms with Crippen LogP contribution in [0.1, 0.15) is 33.1 Å². The van der Waals surface area contributed by atoms with Crippen LogP contribution >= 0.6 is 0 Å². The zero-order chi connectivity index (χ0) is 8.43. The predicted octanol–water partition coefficient (Wildman–Crippen LogP) is 3.34. The molecule has 1 aliphatic rings. The maximum absolute atomic E-state index is 12.9. The summed E-state index contributed by atoms with van der Waals surface area (Å²) in [5, 5.41) is 0. The zero-order valence-corrected chi connectivity index (χ0v) is 7.44. The minimum atomic E-state index is -0.576. The second-order valence-electron chi connectivity index (χ2n) is 3.88. The Labute approximate surface area is 68.5 Å². The third-order valence-electron chi connectivity index (χ3n) is 2.62. The molecule has 1 aliphatic carbocycles. The molecule has 0 bridgehead atoms. The van der Waals surface area contributed by atoms with Gasteiger partial charge in [-0.2, -0.15) is 0 Å². The molecule has 64 valence electrons. The summed E-state index contributed by atoms with van der Waals surface area (Å²) in [6, 6.07) is 0. The lowest BCUT2D eigenvalue weighted by molar-refractivity contribution is 0.210. The van der Waals surface area contributed by atoms with Crippen molar-refractivity contribution in [1.29, 1.82) is 0 Å². The molecule has 11 heavy (non-hydrogen) atoms. The number of halogens is 1. The van der Waals surface area contributed by atoms with Gasteiger partial charge in [0.25, 0.3) is 0 Å². The second kappa shape index (κ2) is 3.38. The Balaban J connectivity index is 2.54. The summed E-state index contributed by atoms with van der Waals surface area (Å²) in [6.07, 6.45) is 1.72. The van der Waals surface area contributed by atoms with Crippen LogP contribution in [0, 0.1) is 11.8 Å². The van der Waals surface area contributed by atoms with Gasteiger partial charge in [-0.15, -0.1) is 0 Å². The zero-order valence-electron chi connectivity index (χ0n) is 7.44. The Morgan fingerprint density at radius 2 is 2.18 bits per heavy atom. The highest BCUT2D eigenvalue weighted by molar-refractivity contribution is 5.06. The Morgan fingerprint density at radius 3 is 2.64 bits per heavy atom. The van der Waals surface area contributed by atoms with Crippen LogP contribution in [0.15, 0.2) is 12.2 Å². The summed E-state index contributed by atoms with van der Waals surface area (Å²) in [6.45, 7) is 8.28. The first-order valence-electron chi connectivity index (χ1n) is 4.43. The van der Waals surface area contributed by atoms with E-state index in [4.69, 9.17) is 0 Å². The Morgan fingerprint density at radius 1 is 1.55 bits per heavy atom. The van der Waals surface area contributed by atoms with Crippen molar-refractivity contribution in [1.82, 2.24) is 0 Å². The van der Waals surface area contributed by atoms with Crippen molar-refractivity contribution >= 4 is 0 Å². The lowest BCUT2D eigenvalue weighted by Gasteiger charge is -2.29. The van der Waals surface area contributed by atoms with Gasteiger partial charge in [0.05, 0.1) is 0 Å². The minimum absolute atomic E-state index is 0.429. The molecule has 0 aromatic carbocycles. The van der Waals surface area contributed by atoms with Crippen LogP contribution in [0.5, 0.6) is 0 Å². The van der Waals surface area contributed by atoms with Gasteiger partial charge < -0.3 is 0 Å². The van der Waals surface area contributed by atoms with Crippen LogP contribution in [-0.2, 0) is 0 Å². The Kier molecular flexibility index (Phi) is 2.69. The SMILES string of the molecule is C=C1CCC(F)CC1C(C)C. The monoisotopic (exact) mass is 156 g/mol. The molecule has 0 aliphatic heterocycles. The largest absolute Gasteiger partial charge is 0.247 e. The van der Waals surface area contributed by atoms with E-state index in [9.17, 15) is 4.39 Å². The highest BCUT2D eigenvalue weighted by atomic mass is 19.1. The van der Waals surface area contributed by atoms with Crippen molar-refractivity contribution in [3.63, 3.8) is 0 Å². The molecule has 0 N–H and O–H groups in total.